The topological polar surface area (TPSA) is 46.3 Å². The van der Waals surface area contributed by atoms with Gasteiger partial charge in [0.25, 0.3) is 0 Å². The summed E-state index contributed by atoms with van der Waals surface area (Å²) in [6, 6.07) is 7.46. The van der Waals surface area contributed by atoms with Crippen molar-refractivity contribution in [2.45, 2.75) is 19.4 Å². The lowest BCUT2D eigenvalue weighted by molar-refractivity contribution is -0.130. The Balaban J connectivity index is 1.61. The smallest absolute Gasteiger partial charge is 0.223 e. The maximum Gasteiger partial charge on any atom is 0.223 e. The Hall–Kier alpha value is -2.80. The molecule has 3 rings (SSSR count). The average molecular weight is 409 g/mol. The molecule has 28 heavy (non-hydrogen) atoms. The van der Waals surface area contributed by atoms with Gasteiger partial charge in [0.05, 0.1) is 11.8 Å². The number of nitrogens with zero attached hydrogens (tertiary/aromatic N) is 2. The summed E-state index contributed by atoms with van der Waals surface area (Å²) in [5.41, 5.74) is 0.322. The Morgan fingerprint density at radius 1 is 1.18 bits per heavy atom. The molecule has 0 saturated heterocycles. The second kappa shape index (κ2) is 8.48. The van der Waals surface area contributed by atoms with Crippen LogP contribution in [-0.4, -0.2) is 22.8 Å². The molecule has 0 aliphatic rings. The first-order chi connectivity index (χ1) is 13.3. The van der Waals surface area contributed by atoms with Crippen LogP contribution in [0, 0.1) is 17.5 Å². The molecular weight excluding hydrogens is 393 g/mol. The van der Waals surface area contributed by atoms with Crippen LogP contribution in [0.5, 0.6) is 0 Å². The van der Waals surface area contributed by atoms with E-state index >= 15 is 0 Å². The number of rotatable bonds is 6. The van der Waals surface area contributed by atoms with Crippen molar-refractivity contribution in [3.63, 3.8) is 0 Å². The van der Waals surface area contributed by atoms with Gasteiger partial charge in [0.1, 0.15) is 17.5 Å². The van der Waals surface area contributed by atoms with Gasteiger partial charge in [-0.25, -0.2) is 18.2 Å². The number of amides is 1. The number of aryl methyl sites for hydroxylation is 1. The van der Waals surface area contributed by atoms with E-state index in [4.69, 9.17) is 16.0 Å². The van der Waals surface area contributed by atoms with Gasteiger partial charge in [-0.15, -0.1) is 0 Å². The van der Waals surface area contributed by atoms with Crippen LogP contribution in [0.1, 0.15) is 17.9 Å². The Morgan fingerprint density at radius 2 is 1.96 bits per heavy atom. The van der Waals surface area contributed by atoms with E-state index in [9.17, 15) is 18.0 Å². The SMILES string of the molecule is CN(Cc1c(F)cccc1Cl)C(=O)CCc1ncc(-c2ccc(F)cc2F)o1. The molecule has 0 aliphatic heterocycles. The van der Waals surface area contributed by atoms with Crippen molar-refractivity contribution in [3.05, 3.63) is 76.5 Å². The summed E-state index contributed by atoms with van der Waals surface area (Å²) >= 11 is 5.98. The molecule has 0 aliphatic carbocycles. The summed E-state index contributed by atoms with van der Waals surface area (Å²) in [6.07, 6.45) is 1.56. The quantitative estimate of drug-likeness (QED) is 0.576. The van der Waals surface area contributed by atoms with E-state index in [1.165, 1.54) is 29.3 Å². The number of halogens is 4. The standard InChI is InChI=1S/C20H16ClF3N2O2/c1-26(11-14-15(21)3-2-4-16(14)23)20(27)8-7-19-25-10-18(28-19)13-6-5-12(22)9-17(13)24/h2-6,9-10H,7-8,11H2,1H3. The second-order valence-electron chi connectivity index (χ2n) is 6.19. The third-order valence-electron chi connectivity index (χ3n) is 4.19. The number of hydrogen-bond acceptors (Lipinski definition) is 3. The van der Waals surface area contributed by atoms with Crippen LogP contribution in [0.25, 0.3) is 11.3 Å². The van der Waals surface area contributed by atoms with Crippen LogP contribution in [0.15, 0.2) is 47.0 Å². The van der Waals surface area contributed by atoms with E-state index in [2.05, 4.69) is 4.98 Å². The highest BCUT2D eigenvalue weighted by Gasteiger charge is 2.16. The minimum absolute atomic E-state index is 0.0297. The minimum atomic E-state index is -0.764. The highest BCUT2D eigenvalue weighted by Crippen LogP contribution is 2.25. The highest BCUT2D eigenvalue weighted by molar-refractivity contribution is 6.31. The van der Waals surface area contributed by atoms with Crippen LogP contribution in [0.4, 0.5) is 13.2 Å². The van der Waals surface area contributed by atoms with Crippen LogP contribution in [0.2, 0.25) is 5.02 Å². The first-order valence-corrected chi connectivity index (χ1v) is 8.80. The molecule has 0 fully saturated rings. The Labute approximate surface area is 164 Å². The van der Waals surface area contributed by atoms with Gasteiger partial charge in [0, 0.05) is 43.1 Å². The van der Waals surface area contributed by atoms with E-state index in [1.54, 1.807) is 13.1 Å². The third-order valence-corrected chi connectivity index (χ3v) is 4.54. The van der Waals surface area contributed by atoms with Gasteiger partial charge in [-0.3, -0.25) is 4.79 Å². The predicted octanol–water partition coefficient (Wildman–Crippen LogP) is 5.00. The van der Waals surface area contributed by atoms with Gasteiger partial charge in [-0.05, 0) is 24.3 Å². The molecule has 0 saturated carbocycles. The zero-order valence-corrected chi connectivity index (χ0v) is 15.6. The highest BCUT2D eigenvalue weighted by atomic mass is 35.5. The van der Waals surface area contributed by atoms with Gasteiger partial charge in [-0.2, -0.15) is 0 Å². The van der Waals surface area contributed by atoms with Gasteiger partial charge in [-0.1, -0.05) is 17.7 Å². The Morgan fingerprint density at radius 3 is 2.68 bits per heavy atom. The fraction of sp³-hybridized carbons (Fsp3) is 0.200. The Bertz CT molecular complexity index is 987. The molecular formula is C20H16ClF3N2O2. The van der Waals surface area contributed by atoms with Gasteiger partial charge < -0.3 is 9.32 Å². The zero-order chi connectivity index (χ0) is 20.3. The summed E-state index contributed by atoms with van der Waals surface area (Å²) in [4.78, 5) is 17.7. The van der Waals surface area contributed by atoms with Crippen molar-refractivity contribution in [1.82, 2.24) is 9.88 Å². The first kappa shape index (κ1) is 19.9. The fourth-order valence-electron chi connectivity index (χ4n) is 2.65. The maximum absolute atomic E-state index is 13.8. The summed E-state index contributed by atoms with van der Waals surface area (Å²) in [7, 11) is 1.54. The number of aromatic nitrogens is 1. The second-order valence-corrected chi connectivity index (χ2v) is 6.60. The monoisotopic (exact) mass is 408 g/mol. The maximum atomic E-state index is 13.8. The van der Waals surface area contributed by atoms with Crippen molar-refractivity contribution in [3.8, 4) is 11.3 Å². The predicted molar refractivity (Wildman–Crippen MR) is 98.1 cm³/mol. The molecule has 8 heteroatoms. The molecule has 1 heterocycles. The van der Waals surface area contributed by atoms with Crippen LogP contribution in [-0.2, 0) is 17.8 Å². The largest absolute Gasteiger partial charge is 0.441 e. The van der Waals surface area contributed by atoms with Crippen molar-refractivity contribution in [2.24, 2.45) is 0 Å². The molecule has 0 spiro atoms. The molecule has 4 nitrogen and oxygen atoms in total. The first-order valence-electron chi connectivity index (χ1n) is 8.42. The molecule has 0 atom stereocenters. The summed E-state index contributed by atoms with van der Waals surface area (Å²) < 4.78 is 46.1. The van der Waals surface area contributed by atoms with Gasteiger partial charge >= 0.3 is 0 Å². The van der Waals surface area contributed by atoms with Gasteiger partial charge in [0.2, 0.25) is 5.91 Å². The molecule has 0 bridgehead atoms. The molecule has 2 aromatic carbocycles. The van der Waals surface area contributed by atoms with Crippen molar-refractivity contribution in [2.75, 3.05) is 7.05 Å². The molecule has 3 aromatic rings. The zero-order valence-electron chi connectivity index (χ0n) is 14.9. The van der Waals surface area contributed by atoms with E-state index in [1.807, 2.05) is 0 Å². The number of carbonyl (C=O) groups excluding carboxylic acids is 1. The number of benzene rings is 2. The normalized spacial score (nSPS) is 10.9. The van der Waals surface area contributed by atoms with Crippen molar-refractivity contribution >= 4 is 17.5 Å². The van der Waals surface area contributed by atoms with E-state index in [0.29, 0.717) is 0 Å². The number of oxazole rings is 1. The van der Waals surface area contributed by atoms with Crippen LogP contribution >= 0.6 is 11.6 Å². The fourth-order valence-corrected chi connectivity index (χ4v) is 2.88. The lowest BCUT2D eigenvalue weighted by Crippen LogP contribution is -2.27. The molecule has 1 amide bonds. The summed E-state index contributed by atoms with van der Waals surface area (Å²) in [5.74, 6) is -1.81. The molecule has 146 valence electrons. The van der Waals surface area contributed by atoms with Crippen LogP contribution in [0.3, 0.4) is 0 Å². The van der Waals surface area contributed by atoms with Gasteiger partial charge in [0.15, 0.2) is 11.7 Å². The average Bonchev–Trinajstić information content (AvgIpc) is 3.11. The number of carbonyl (C=O) groups is 1. The lowest BCUT2D eigenvalue weighted by Gasteiger charge is -2.18. The molecule has 0 N–H and O–H groups in total. The van der Waals surface area contributed by atoms with E-state index in [-0.39, 0.29) is 53.1 Å². The lowest BCUT2D eigenvalue weighted by atomic mass is 10.2. The molecule has 1 aromatic heterocycles. The molecule has 0 unspecified atom stereocenters. The van der Waals surface area contributed by atoms with Crippen LogP contribution < -0.4 is 0 Å². The summed E-state index contributed by atoms with van der Waals surface area (Å²) in [5, 5.41) is 0.248. The third kappa shape index (κ3) is 4.54. The van der Waals surface area contributed by atoms with E-state index < -0.39 is 17.5 Å². The van der Waals surface area contributed by atoms with E-state index in [0.717, 1.165) is 12.1 Å². The van der Waals surface area contributed by atoms with Crippen molar-refractivity contribution < 1.29 is 22.4 Å². The minimum Gasteiger partial charge on any atom is -0.441 e. The van der Waals surface area contributed by atoms with Crippen molar-refractivity contribution in [1.29, 1.82) is 0 Å². The summed E-state index contributed by atoms with van der Waals surface area (Å²) in [6.45, 7) is 0.0297. The molecule has 0 radical (unpaired) electrons. The number of hydrogen-bond donors (Lipinski definition) is 0. The Kier molecular flexibility index (Phi) is 6.04.